The van der Waals surface area contributed by atoms with Gasteiger partial charge in [-0.15, -0.1) is 0 Å². The van der Waals surface area contributed by atoms with Crippen LogP contribution in [0.4, 0.5) is 9.59 Å². The van der Waals surface area contributed by atoms with Gasteiger partial charge in [-0.1, -0.05) is 6.92 Å². The zero-order valence-corrected chi connectivity index (χ0v) is 9.57. The lowest BCUT2D eigenvalue weighted by atomic mass is 10.00. The van der Waals surface area contributed by atoms with Gasteiger partial charge in [-0.2, -0.15) is 0 Å². The highest BCUT2D eigenvalue weighted by atomic mass is 16.5. The number of amides is 3. The molecule has 1 heterocycles. The molecule has 0 spiro atoms. The van der Waals surface area contributed by atoms with E-state index in [4.69, 9.17) is 5.73 Å². The molecule has 6 heteroatoms. The predicted octanol–water partition coefficient (Wildman–Crippen LogP) is 0.523. The number of urea groups is 1. The van der Waals surface area contributed by atoms with E-state index >= 15 is 0 Å². The summed E-state index contributed by atoms with van der Waals surface area (Å²) in [5, 5.41) is 2.68. The Balaban J connectivity index is 2.12. The lowest BCUT2D eigenvalue weighted by Gasteiger charge is -2.30. The van der Waals surface area contributed by atoms with E-state index in [9.17, 15) is 9.59 Å². The summed E-state index contributed by atoms with van der Waals surface area (Å²) in [7, 11) is 0. The fourth-order valence-electron chi connectivity index (χ4n) is 1.63. The maximum atomic E-state index is 11.6. The van der Waals surface area contributed by atoms with Gasteiger partial charge in [-0.3, -0.25) is 0 Å². The number of ether oxygens (including phenoxy) is 1. The SMILES string of the molecule is CC1CCN(C(=O)NCCOC(N)=O)CC1. The van der Waals surface area contributed by atoms with E-state index in [1.165, 1.54) is 0 Å². The topological polar surface area (TPSA) is 84.7 Å². The third-order valence-corrected chi connectivity index (χ3v) is 2.69. The van der Waals surface area contributed by atoms with Crippen molar-refractivity contribution in [3.63, 3.8) is 0 Å². The van der Waals surface area contributed by atoms with Crippen molar-refractivity contribution in [3.8, 4) is 0 Å². The molecule has 1 saturated heterocycles. The monoisotopic (exact) mass is 229 g/mol. The van der Waals surface area contributed by atoms with E-state index in [0.717, 1.165) is 25.9 Å². The van der Waals surface area contributed by atoms with Crippen LogP contribution in [0, 0.1) is 5.92 Å². The number of primary amides is 1. The van der Waals surface area contributed by atoms with Crippen LogP contribution < -0.4 is 11.1 Å². The lowest BCUT2D eigenvalue weighted by Crippen LogP contribution is -2.45. The van der Waals surface area contributed by atoms with E-state index in [-0.39, 0.29) is 12.6 Å². The Hall–Kier alpha value is -1.46. The quantitative estimate of drug-likeness (QED) is 0.692. The predicted molar refractivity (Wildman–Crippen MR) is 58.9 cm³/mol. The Morgan fingerprint density at radius 1 is 1.44 bits per heavy atom. The van der Waals surface area contributed by atoms with Crippen LogP contribution in [0.1, 0.15) is 19.8 Å². The molecule has 0 aromatic heterocycles. The first-order valence-electron chi connectivity index (χ1n) is 5.54. The Bertz CT molecular complexity index is 250. The van der Waals surface area contributed by atoms with Crippen LogP contribution in [-0.2, 0) is 4.74 Å². The number of carbonyl (C=O) groups is 2. The van der Waals surface area contributed by atoms with Crippen LogP contribution in [0.2, 0.25) is 0 Å². The van der Waals surface area contributed by atoms with Gasteiger partial charge in [0.2, 0.25) is 0 Å². The van der Waals surface area contributed by atoms with Crippen LogP contribution in [0.3, 0.4) is 0 Å². The molecule has 3 amide bonds. The number of rotatable bonds is 3. The van der Waals surface area contributed by atoms with Crippen molar-refractivity contribution in [1.82, 2.24) is 10.2 Å². The fraction of sp³-hybridized carbons (Fsp3) is 0.800. The molecule has 0 aliphatic carbocycles. The minimum atomic E-state index is -0.818. The number of nitrogens with two attached hydrogens (primary N) is 1. The second-order valence-corrected chi connectivity index (χ2v) is 4.07. The van der Waals surface area contributed by atoms with E-state index < -0.39 is 6.09 Å². The van der Waals surface area contributed by atoms with Gasteiger partial charge in [0.05, 0.1) is 6.54 Å². The van der Waals surface area contributed by atoms with Crippen LogP contribution in [0.5, 0.6) is 0 Å². The fourth-order valence-corrected chi connectivity index (χ4v) is 1.63. The third kappa shape index (κ3) is 4.37. The molecule has 0 bridgehead atoms. The van der Waals surface area contributed by atoms with Crippen molar-refractivity contribution in [3.05, 3.63) is 0 Å². The normalized spacial score (nSPS) is 16.9. The Morgan fingerprint density at radius 3 is 2.62 bits per heavy atom. The molecule has 0 aromatic rings. The van der Waals surface area contributed by atoms with Crippen LogP contribution in [-0.4, -0.2) is 43.3 Å². The number of carbonyl (C=O) groups excluding carboxylic acids is 2. The van der Waals surface area contributed by atoms with Gasteiger partial charge >= 0.3 is 12.1 Å². The summed E-state index contributed by atoms with van der Waals surface area (Å²) in [4.78, 5) is 23.6. The zero-order valence-electron chi connectivity index (χ0n) is 9.57. The molecule has 0 radical (unpaired) electrons. The number of nitrogens with zero attached hydrogens (tertiary/aromatic N) is 1. The summed E-state index contributed by atoms with van der Waals surface area (Å²) in [6.07, 6.45) is 1.28. The van der Waals surface area contributed by atoms with E-state index in [1.807, 2.05) is 0 Å². The molecule has 1 aliphatic heterocycles. The van der Waals surface area contributed by atoms with E-state index in [1.54, 1.807) is 4.90 Å². The van der Waals surface area contributed by atoms with Gasteiger partial charge in [0, 0.05) is 13.1 Å². The molecule has 6 nitrogen and oxygen atoms in total. The van der Waals surface area contributed by atoms with Gasteiger partial charge in [0.25, 0.3) is 0 Å². The molecule has 0 unspecified atom stereocenters. The second kappa shape index (κ2) is 6.19. The van der Waals surface area contributed by atoms with Crippen molar-refractivity contribution < 1.29 is 14.3 Å². The standard InChI is InChI=1S/C10H19N3O3/c1-8-2-5-13(6-3-8)10(15)12-4-7-16-9(11)14/h8H,2-7H2,1H3,(H2,11,14)(H,12,15). The van der Waals surface area contributed by atoms with Gasteiger partial charge in [-0.25, -0.2) is 9.59 Å². The summed E-state index contributed by atoms with van der Waals surface area (Å²) >= 11 is 0. The molecule has 1 aliphatic rings. The number of likely N-dealkylation sites (tertiary alicyclic amines) is 1. The first-order valence-corrected chi connectivity index (χ1v) is 5.54. The maximum absolute atomic E-state index is 11.6. The molecule has 1 rings (SSSR count). The summed E-state index contributed by atoms with van der Waals surface area (Å²) in [6, 6.07) is -0.0972. The summed E-state index contributed by atoms with van der Waals surface area (Å²) in [6.45, 7) is 4.20. The maximum Gasteiger partial charge on any atom is 0.404 e. The van der Waals surface area contributed by atoms with Crippen molar-refractivity contribution >= 4 is 12.1 Å². The average molecular weight is 229 g/mol. The van der Waals surface area contributed by atoms with Crippen LogP contribution >= 0.6 is 0 Å². The highest BCUT2D eigenvalue weighted by Crippen LogP contribution is 2.15. The highest BCUT2D eigenvalue weighted by Gasteiger charge is 2.19. The Labute approximate surface area is 95.1 Å². The van der Waals surface area contributed by atoms with Crippen LogP contribution in [0.15, 0.2) is 0 Å². The first kappa shape index (κ1) is 12.6. The number of nitrogens with one attached hydrogen (secondary N) is 1. The van der Waals surface area contributed by atoms with Gasteiger partial charge in [0.15, 0.2) is 0 Å². The van der Waals surface area contributed by atoms with Gasteiger partial charge in [0.1, 0.15) is 6.61 Å². The average Bonchev–Trinajstić information content (AvgIpc) is 2.25. The molecule has 0 atom stereocenters. The number of piperidine rings is 1. The molecule has 3 N–H and O–H groups in total. The first-order chi connectivity index (χ1) is 7.59. The number of hydrogen-bond acceptors (Lipinski definition) is 3. The summed E-state index contributed by atoms with van der Waals surface area (Å²) < 4.78 is 4.50. The minimum Gasteiger partial charge on any atom is -0.448 e. The van der Waals surface area contributed by atoms with E-state index in [2.05, 4.69) is 17.0 Å². The van der Waals surface area contributed by atoms with Crippen molar-refractivity contribution in [1.29, 1.82) is 0 Å². The molecular weight excluding hydrogens is 210 g/mol. The van der Waals surface area contributed by atoms with Crippen molar-refractivity contribution in [2.24, 2.45) is 11.7 Å². The van der Waals surface area contributed by atoms with Gasteiger partial charge < -0.3 is 20.7 Å². The number of hydrogen-bond donors (Lipinski definition) is 2. The second-order valence-electron chi connectivity index (χ2n) is 4.07. The molecule has 16 heavy (non-hydrogen) atoms. The smallest absolute Gasteiger partial charge is 0.404 e. The highest BCUT2D eigenvalue weighted by molar-refractivity contribution is 5.74. The summed E-state index contributed by atoms with van der Waals surface area (Å²) in [5.74, 6) is 0.697. The zero-order chi connectivity index (χ0) is 12.0. The Kier molecular flexibility index (Phi) is 4.88. The lowest BCUT2D eigenvalue weighted by molar-refractivity contribution is 0.151. The summed E-state index contributed by atoms with van der Waals surface area (Å²) in [5.41, 5.74) is 4.78. The van der Waals surface area contributed by atoms with Crippen molar-refractivity contribution in [2.75, 3.05) is 26.2 Å². The molecular formula is C10H19N3O3. The Morgan fingerprint density at radius 2 is 2.06 bits per heavy atom. The van der Waals surface area contributed by atoms with Crippen molar-refractivity contribution in [2.45, 2.75) is 19.8 Å². The third-order valence-electron chi connectivity index (χ3n) is 2.69. The molecule has 92 valence electrons. The van der Waals surface area contributed by atoms with E-state index in [0.29, 0.717) is 12.5 Å². The largest absolute Gasteiger partial charge is 0.448 e. The van der Waals surface area contributed by atoms with Crippen LogP contribution in [0.25, 0.3) is 0 Å². The molecule has 1 fully saturated rings. The molecule has 0 saturated carbocycles. The minimum absolute atomic E-state index is 0.0972. The molecule has 0 aromatic carbocycles. The van der Waals surface area contributed by atoms with Gasteiger partial charge in [-0.05, 0) is 18.8 Å².